The van der Waals surface area contributed by atoms with Crippen LogP contribution in [0.25, 0.3) is 0 Å². The summed E-state index contributed by atoms with van der Waals surface area (Å²) in [4.78, 5) is 41.0. The van der Waals surface area contributed by atoms with E-state index in [1.165, 1.54) is 6.07 Å². The van der Waals surface area contributed by atoms with Crippen molar-refractivity contribution in [3.8, 4) is 17.6 Å². The number of amides is 2. The molecular weight excluding hydrogens is 546 g/mol. The Morgan fingerprint density at radius 2 is 1.98 bits per heavy atom. The van der Waals surface area contributed by atoms with Crippen LogP contribution in [0.1, 0.15) is 53.0 Å². The fourth-order valence-corrected chi connectivity index (χ4v) is 5.70. The minimum absolute atomic E-state index is 0.0958. The first-order valence-electron chi connectivity index (χ1n) is 13.3. The van der Waals surface area contributed by atoms with Gasteiger partial charge in [0, 0.05) is 16.7 Å². The normalized spacial score (nSPS) is 20.0. The minimum atomic E-state index is -0.865. The highest BCUT2D eigenvalue weighted by atomic mass is 35.5. The maximum Gasteiger partial charge on any atom is 0.307 e. The van der Waals surface area contributed by atoms with E-state index in [2.05, 4.69) is 21.6 Å². The Balaban J connectivity index is 1.34. The van der Waals surface area contributed by atoms with Gasteiger partial charge in [0.2, 0.25) is 5.91 Å². The summed E-state index contributed by atoms with van der Waals surface area (Å²) in [7, 11) is 0. The third kappa shape index (κ3) is 5.56. The molecule has 0 spiro atoms. The number of nitrogens with zero attached hydrogens (tertiary/aromatic N) is 3. The van der Waals surface area contributed by atoms with Crippen molar-refractivity contribution in [2.75, 3.05) is 13.2 Å². The molecule has 0 radical (unpaired) electrons. The molecule has 1 aromatic heterocycles. The Labute approximate surface area is 242 Å². The second-order valence-corrected chi connectivity index (χ2v) is 11.1. The number of ether oxygens (including phenoxy) is 2. The molecule has 0 saturated carbocycles. The summed E-state index contributed by atoms with van der Waals surface area (Å²) in [5, 5.41) is 19.6. The minimum Gasteiger partial charge on any atom is -0.451 e. The summed E-state index contributed by atoms with van der Waals surface area (Å²) in [5.41, 5.74) is 1.19. The lowest BCUT2D eigenvalue weighted by atomic mass is 9.78. The first-order valence-corrected chi connectivity index (χ1v) is 13.7. The van der Waals surface area contributed by atoms with Crippen LogP contribution in [0.3, 0.4) is 0 Å². The number of aromatic amines is 1. The van der Waals surface area contributed by atoms with Crippen molar-refractivity contribution in [1.29, 1.82) is 5.26 Å². The zero-order valence-corrected chi connectivity index (χ0v) is 23.7. The molecule has 1 unspecified atom stereocenters. The molecule has 11 heteroatoms. The van der Waals surface area contributed by atoms with Gasteiger partial charge in [-0.1, -0.05) is 23.7 Å². The molecule has 0 bridgehead atoms. The molecule has 41 heavy (non-hydrogen) atoms. The van der Waals surface area contributed by atoms with E-state index in [1.807, 2.05) is 18.2 Å². The van der Waals surface area contributed by atoms with Crippen molar-refractivity contribution >= 4 is 23.4 Å². The second-order valence-electron chi connectivity index (χ2n) is 10.7. The van der Waals surface area contributed by atoms with Crippen LogP contribution in [0.4, 0.5) is 0 Å². The largest absolute Gasteiger partial charge is 0.451 e. The number of nitrogens with one attached hydrogen (secondary N) is 2. The van der Waals surface area contributed by atoms with Gasteiger partial charge in [-0.25, -0.2) is 5.10 Å². The van der Waals surface area contributed by atoms with Gasteiger partial charge in [-0.3, -0.25) is 14.4 Å². The van der Waals surface area contributed by atoms with Crippen molar-refractivity contribution in [2.24, 2.45) is 5.41 Å². The summed E-state index contributed by atoms with van der Waals surface area (Å²) in [6.45, 7) is 5.66. The number of carbonyl (C=O) groups excluding carboxylic acids is 2. The topological polar surface area (TPSA) is 137 Å². The van der Waals surface area contributed by atoms with Crippen LogP contribution >= 0.6 is 11.6 Å². The van der Waals surface area contributed by atoms with E-state index in [0.29, 0.717) is 40.4 Å². The summed E-state index contributed by atoms with van der Waals surface area (Å²) in [5.74, 6) is -0.208. The van der Waals surface area contributed by atoms with E-state index in [9.17, 15) is 19.6 Å². The number of rotatable bonds is 7. The quantitative estimate of drug-likeness (QED) is 0.430. The summed E-state index contributed by atoms with van der Waals surface area (Å²) >= 11 is 6.26. The number of nitriles is 1. The molecule has 2 amide bonds. The average molecular weight is 576 g/mol. The number of H-pyrrole nitrogens is 1. The van der Waals surface area contributed by atoms with Crippen LogP contribution in [0.2, 0.25) is 5.02 Å². The summed E-state index contributed by atoms with van der Waals surface area (Å²) in [6.07, 6.45) is 1.31. The van der Waals surface area contributed by atoms with Crippen LogP contribution in [-0.4, -0.2) is 52.2 Å². The number of aryl methyl sites for hydroxylation is 2. The molecule has 3 aromatic rings. The predicted molar refractivity (Wildman–Crippen MR) is 151 cm³/mol. The van der Waals surface area contributed by atoms with E-state index < -0.39 is 22.9 Å². The van der Waals surface area contributed by atoms with Gasteiger partial charge < -0.3 is 19.7 Å². The molecule has 2 aliphatic heterocycles. The monoisotopic (exact) mass is 575 g/mol. The zero-order valence-electron chi connectivity index (χ0n) is 22.9. The molecule has 2 saturated heterocycles. The predicted octanol–water partition coefficient (Wildman–Crippen LogP) is 4.22. The van der Waals surface area contributed by atoms with Crippen molar-refractivity contribution in [3.63, 3.8) is 0 Å². The first kappa shape index (κ1) is 28.3. The molecule has 2 fully saturated rings. The fraction of sp³-hybridized carbons (Fsp3) is 0.367. The highest BCUT2D eigenvalue weighted by Crippen LogP contribution is 2.47. The third-order valence-corrected chi connectivity index (χ3v) is 7.96. The number of halogens is 1. The zero-order chi connectivity index (χ0) is 29.3. The van der Waals surface area contributed by atoms with Crippen molar-refractivity contribution < 1.29 is 19.1 Å². The SMILES string of the molecule is Cc1cc(Oc2ccc(C(=O)NC(C)C(=O)N3[C@H](c4cccc(Cl)c4)CC[C@@H]3C3(C#N)COC3)cc2C)c(=O)[nH]n1. The average Bonchev–Trinajstić information content (AvgIpc) is 3.36. The van der Waals surface area contributed by atoms with Crippen LogP contribution < -0.4 is 15.6 Å². The highest BCUT2D eigenvalue weighted by molar-refractivity contribution is 6.30. The van der Waals surface area contributed by atoms with Crippen molar-refractivity contribution in [2.45, 2.75) is 51.7 Å². The van der Waals surface area contributed by atoms with Crippen LogP contribution in [-0.2, 0) is 9.53 Å². The van der Waals surface area contributed by atoms with Gasteiger partial charge in [-0.2, -0.15) is 10.4 Å². The van der Waals surface area contributed by atoms with E-state index in [4.69, 9.17) is 21.1 Å². The van der Waals surface area contributed by atoms with E-state index in [-0.39, 0.29) is 37.0 Å². The Hall–Kier alpha value is -4.20. The lowest BCUT2D eigenvalue weighted by molar-refractivity contribution is -0.150. The number of aromatic nitrogens is 2. The molecule has 3 atom stereocenters. The van der Waals surface area contributed by atoms with Gasteiger partial charge in [0.1, 0.15) is 17.2 Å². The summed E-state index contributed by atoms with van der Waals surface area (Å²) < 4.78 is 11.2. The number of likely N-dealkylation sites (tertiary alicyclic amines) is 1. The maximum atomic E-state index is 13.9. The second kappa shape index (κ2) is 11.4. The van der Waals surface area contributed by atoms with Crippen molar-refractivity contribution in [3.05, 3.63) is 86.3 Å². The highest BCUT2D eigenvalue weighted by Gasteiger charge is 2.54. The number of benzene rings is 2. The van der Waals surface area contributed by atoms with Crippen LogP contribution in [0, 0.1) is 30.6 Å². The molecule has 2 aromatic carbocycles. The molecular formula is C30H30ClN5O5. The number of hydrogen-bond donors (Lipinski definition) is 2. The van der Waals surface area contributed by atoms with Gasteiger partial charge in [0.05, 0.1) is 37.1 Å². The van der Waals surface area contributed by atoms with Crippen LogP contribution in [0.5, 0.6) is 11.5 Å². The fourth-order valence-electron chi connectivity index (χ4n) is 5.50. The molecule has 3 heterocycles. The lowest BCUT2D eigenvalue weighted by Gasteiger charge is -2.45. The molecule has 5 rings (SSSR count). The molecule has 0 aliphatic carbocycles. The Morgan fingerprint density at radius 3 is 2.63 bits per heavy atom. The maximum absolute atomic E-state index is 13.9. The van der Waals surface area contributed by atoms with E-state index in [1.54, 1.807) is 49.9 Å². The first-order chi connectivity index (χ1) is 19.6. The molecule has 212 valence electrons. The third-order valence-electron chi connectivity index (χ3n) is 7.73. The summed E-state index contributed by atoms with van der Waals surface area (Å²) in [6, 6.07) is 14.6. The smallest absolute Gasteiger partial charge is 0.307 e. The number of carbonyl (C=O) groups is 2. The van der Waals surface area contributed by atoms with Gasteiger partial charge in [-0.15, -0.1) is 0 Å². The number of hydrogen-bond acceptors (Lipinski definition) is 7. The van der Waals surface area contributed by atoms with Gasteiger partial charge in [-0.05, 0) is 75.1 Å². The van der Waals surface area contributed by atoms with Crippen molar-refractivity contribution in [1.82, 2.24) is 20.4 Å². The van der Waals surface area contributed by atoms with E-state index >= 15 is 0 Å². The Morgan fingerprint density at radius 1 is 1.20 bits per heavy atom. The Kier molecular flexibility index (Phi) is 7.84. The molecule has 2 N–H and O–H groups in total. The van der Waals surface area contributed by atoms with Gasteiger partial charge >= 0.3 is 5.56 Å². The standard InChI is InChI=1S/C30H30ClN5O5/c1-17-11-21(7-9-24(17)41-25-12-18(2)34-35-28(25)38)27(37)33-19(3)29(39)36-23(20-5-4-6-22(31)13-20)8-10-26(36)30(14-32)15-40-16-30/h4-7,9,11-13,19,23,26H,8,10,15-16H2,1-3H3,(H,33,37)(H,35,38)/t19?,23-,26+/m0/s1. The van der Waals surface area contributed by atoms with Gasteiger partial charge in [0.15, 0.2) is 5.75 Å². The van der Waals surface area contributed by atoms with Gasteiger partial charge in [0.25, 0.3) is 5.91 Å². The van der Waals surface area contributed by atoms with E-state index in [0.717, 1.165) is 5.56 Å². The molecule has 2 aliphatic rings. The molecule has 10 nitrogen and oxygen atoms in total. The van der Waals surface area contributed by atoms with Crippen LogP contribution in [0.15, 0.2) is 53.3 Å². The lowest BCUT2D eigenvalue weighted by Crippen LogP contribution is -2.59. The Bertz CT molecular complexity index is 1590.